The standard InChI is InChI=1S/C6H12O7.CH2O3.Al.Mg.Zn.5H/c7-1-2(8)3(9)4(10)5(11)6(12)13;2-1(3)4;;;;;;;;/h2-5,7-11H,1H2,(H,12,13);(H2,2,3,4);;;;;;;;. The van der Waals surface area contributed by atoms with Gasteiger partial charge in [-0.3, -0.25) is 0 Å². The molecule has 4 atom stereocenters. The smallest absolute Gasteiger partial charge is 0.479 e. The minimum atomic E-state index is -2.20. The molecule has 0 saturated carbocycles. The number of aliphatic hydroxyl groups is 5. The van der Waals surface area contributed by atoms with Gasteiger partial charge in [0.05, 0.1) is 6.61 Å². The van der Waals surface area contributed by atoms with Crippen LogP contribution >= 0.6 is 0 Å². The van der Waals surface area contributed by atoms with Crippen LogP contribution in [0.1, 0.15) is 0 Å². The van der Waals surface area contributed by atoms with Crippen molar-refractivity contribution in [3.8, 4) is 0 Å². The summed E-state index contributed by atoms with van der Waals surface area (Å²) < 4.78 is 0. The molecular formula is C7H19AlMgO10Zn. The zero-order chi connectivity index (χ0) is 14.2. The molecule has 10 nitrogen and oxygen atoms in total. The molecule has 0 aliphatic rings. The van der Waals surface area contributed by atoms with Crippen LogP contribution < -0.4 is 0 Å². The van der Waals surface area contributed by atoms with Crippen molar-refractivity contribution in [2.24, 2.45) is 0 Å². The van der Waals surface area contributed by atoms with Gasteiger partial charge in [-0.2, -0.15) is 0 Å². The van der Waals surface area contributed by atoms with E-state index in [0.717, 1.165) is 0 Å². The van der Waals surface area contributed by atoms with Crippen molar-refractivity contribution >= 4 is 52.5 Å². The largest absolute Gasteiger partial charge is 0.503 e. The summed E-state index contributed by atoms with van der Waals surface area (Å²) in [6, 6.07) is 0. The van der Waals surface area contributed by atoms with Gasteiger partial charge in [-0.15, -0.1) is 0 Å². The predicted molar refractivity (Wildman–Crippen MR) is 67.9 cm³/mol. The Labute approximate surface area is 153 Å². The van der Waals surface area contributed by atoms with Gasteiger partial charge in [0, 0.05) is 19.5 Å². The summed E-state index contributed by atoms with van der Waals surface area (Å²) in [6.07, 6.45) is -9.67. The maximum Gasteiger partial charge on any atom is 0.503 e. The average Bonchev–Trinajstić information content (AvgIpc) is 2.23. The maximum atomic E-state index is 10.1. The summed E-state index contributed by atoms with van der Waals surface area (Å²) in [5.74, 6) is -1.73. The average molecular weight is 380 g/mol. The van der Waals surface area contributed by atoms with E-state index in [1.54, 1.807) is 0 Å². The molecule has 0 radical (unpaired) electrons. The molecule has 0 aromatic heterocycles. The monoisotopic (exact) mass is 378 g/mol. The minimum absolute atomic E-state index is 0. The van der Waals surface area contributed by atoms with Gasteiger partial charge in [0.15, 0.2) is 23.5 Å². The van der Waals surface area contributed by atoms with Crippen LogP contribution in [0, 0.1) is 0 Å². The minimum Gasteiger partial charge on any atom is -0.479 e. The normalized spacial score (nSPS) is 14.4. The summed E-state index contributed by atoms with van der Waals surface area (Å²) in [5.41, 5.74) is 0. The summed E-state index contributed by atoms with van der Waals surface area (Å²) in [4.78, 5) is 18.6. The molecule has 4 unspecified atom stereocenters. The molecule has 20 heavy (non-hydrogen) atoms. The fourth-order valence-corrected chi connectivity index (χ4v) is 0.668. The number of hydrogen-bond acceptors (Lipinski definition) is 7. The SMILES string of the molecule is O=C(O)C(O)C(O)C(O)C(O)CO.O=C(O)O.[AlH3].[MgH2].[Zn]. The van der Waals surface area contributed by atoms with E-state index >= 15 is 0 Å². The van der Waals surface area contributed by atoms with Crippen molar-refractivity contribution in [3.05, 3.63) is 0 Å². The zero-order valence-corrected chi connectivity index (χ0v) is 12.1. The summed E-state index contributed by atoms with van der Waals surface area (Å²) in [5, 5.41) is 65.8. The Morgan fingerprint density at radius 3 is 1.40 bits per heavy atom. The molecule has 0 fully saturated rings. The molecule has 0 rings (SSSR count). The molecule has 0 aliphatic carbocycles. The van der Waals surface area contributed by atoms with Gasteiger partial charge in [0.25, 0.3) is 0 Å². The van der Waals surface area contributed by atoms with Crippen LogP contribution in [0.4, 0.5) is 4.79 Å². The van der Waals surface area contributed by atoms with Crippen molar-refractivity contribution in [2.45, 2.75) is 24.4 Å². The fourth-order valence-electron chi connectivity index (χ4n) is 0.668. The molecule has 0 aromatic rings. The third-order valence-electron chi connectivity index (χ3n) is 1.51. The second-order valence-electron chi connectivity index (χ2n) is 2.80. The molecular weight excluding hydrogens is 361 g/mol. The van der Waals surface area contributed by atoms with Gasteiger partial charge < -0.3 is 40.9 Å². The third-order valence-corrected chi connectivity index (χ3v) is 1.51. The second-order valence-corrected chi connectivity index (χ2v) is 2.80. The molecule has 0 spiro atoms. The Morgan fingerprint density at radius 1 is 0.900 bits per heavy atom. The summed E-state index contributed by atoms with van der Waals surface area (Å²) in [7, 11) is 0. The third kappa shape index (κ3) is 16.5. The van der Waals surface area contributed by atoms with Crippen LogP contribution in [0.2, 0.25) is 0 Å². The number of aliphatic carboxylic acids is 1. The number of carbonyl (C=O) groups is 2. The predicted octanol–water partition coefficient (Wildman–Crippen LogP) is -5.37. The van der Waals surface area contributed by atoms with Crippen LogP contribution in [0.3, 0.4) is 0 Å². The molecule has 114 valence electrons. The van der Waals surface area contributed by atoms with Gasteiger partial charge in [-0.1, -0.05) is 0 Å². The summed E-state index contributed by atoms with van der Waals surface area (Å²) in [6.45, 7) is -0.843. The number of aliphatic hydroxyl groups excluding tert-OH is 5. The van der Waals surface area contributed by atoms with Crippen molar-refractivity contribution in [1.29, 1.82) is 0 Å². The van der Waals surface area contributed by atoms with E-state index in [1.807, 2.05) is 0 Å². The van der Waals surface area contributed by atoms with Crippen molar-refractivity contribution in [1.82, 2.24) is 0 Å². The Balaban J connectivity index is -0.0000000951. The second kappa shape index (κ2) is 17.5. The first-order chi connectivity index (χ1) is 7.64. The van der Waals surface area contributed by atoms with E-state index < -0.39 is 43.1 Å². The van der Waals surface area contributed by atoms with Crippen molar-refractivity contribution < 1.29 is 69.9 Å². The molecule has 0 heterocycles. The Morgan fingerprint density at radius 2 is 1.20 bits per heavy atom. The van der Waals surface area contributed by atoms with E-state index in [9.17, 15) is 4.79 Å². The van der Waals surface area contributed by atoms with E-state index in [1.165, 1.54) is 0 Å². The van der Waals surface area contributed by atoms with E-state index in [4.69, 9.17) is 45.6 Å². The Hall–Kier alpha value is 0.462. The van der Waals surface area contributed by atoms with Gasteiger partial charge in [0.1, 0.15) is 18.3 Å². The first-order valence-electron chi connectivity index (χ1n) is 4.13. The van der Waals surface area contributed by atoms with Gasteiger partial charge in [-0.25, -0.2) is 9.59 Å². The Kier molecular flexibility index (Phi) is 28.4. The van der Waals surface area contributed by atoms with Gasteiger partial charge in [0.2, 0.25) is 0 Å². The molecule has 0 amide bonds. The van der Waals surface area contributed by atoms with Crippen LogP contribution in [-0.4, -0.2) is 124 Å². The van der Waals surface area contributed by atoms with Gasteiger partial charge >= 0.3 is 35.2 Å². The summed E-state index contributed by atoms with van der Waals surface area (Å²) >= 11 is 0. The topological polar surface area (TPSA) is 196 Å². The van der Waals surface area contributed by atoms with Crippen LogP contribution in [0.15, 0.2) is 0 Å². The van der Waals surface area contributed by atoms with Crippen molar-refractivity contribution in [2.75, 3.05) is 6.61 Å². The van der Waals surface area contributed by atoms with Crippen LogP contribution in [-0.2, 0) is 24.3 Å². The molecule has 8 N–H and O–H groups in total. The first-order valence-corrected chi connectivity index (χ1v) is 4.13. The van der Waals surface area contributed by atoms with E-state index in [2.05, 4.69) is 0 Å². The number of carboxylic acids is 1. The first kappa shape index (κ1) is 32.4. The quantitative estimate of drug-likeness (QED) is 0.213. The fraction of sp³-hybridized carbons (Fsp3) is 0.714. The van der Waals surface area contributed by atoms with E-state index in [0.29, 0.717) is 0 Å². The van der Waals surface area contributed by atoms with Crippen molar-refractivity contribution in [3.63, 3.8) is 0 Å². The zero-order valence-electron chi connectivity index (χ0n) is 9.12. The molecule has 0 bridgehead atoms. The van der Waals surface area contributed by atoms with E-state index in [-0.39, 0.29) is 59.9 Å². The molecule has 13 heteroatoms. The molecule has 0 saturated heterocycles. The maximum absolute atomic E-state index is 10.1. The van der Waals surface area contributed by atoms with Crippen LogP contribution in [0.25, 0.3) is 0 Å². The number of hydrogen-bond donors (Lipinski definition) is 8. The molecule has 0 aliphatic heterocycles. The number of rotatable bonds is 5. The Bertz CT molecular complexity index is 254. The van der Waals surface area contributed by atoms with Crippen LogP contribution in [0.5, 0.6) is 0 Å². The molecule has 0 aromatic carbocycles. The van der Waals surface area contributed by atoms with Gasteiger partial charge in [-0.05, 0) is 0 Å². The number of carboxylic acid groups (broad SMARTS) is 3.